The number of benzene rings is 2. The predicted octanol–water partition coefficient (Wildman–Crippen LogP) is 3.58. The molecule has 2 amide bonds. The molecular weight excluding hydrogens is 393 g/mol. The molecule has 2 saturated heterocycles. The number of likely N-dealkylation sites (N-methyl/N-ethyl adjacent to an activating group) is 1. The number of rotatable bonds is 3. The summed E-state index contributed by atoms with van der Waals surface area (Å²) in [6, 6.07) is 16.6. The highest BCUT2D eigenvalue weighted by Gasteiger charge is 2.42. The standard InChI is InChI=1S/C25H30FN3O2/c1-25(12-14-28(15-13-25)23(30)20-10-6-7-11-21(20)26)24(31)29-17-16-27(2)22(18-29)19-8-4-3-5-9-19/h3-11,22H,12-18H2,1-2H3. The van der Waals surface area contributed by atoms with Crippen LogP contribution in [0.2, 0.25) is 0 Å². The smallest absolute Gasteiger partial charge is 0.256 e. The van der Waals surface area contributed by atoms with Crippen molar-refractivity contribution in [1.82, 2.24) is 14.7 Å². The lowest BCUT2D eigenvalue weighted by molar-refractivity contribution is -0.146. The van der Waals surface area contributed by atoms with Gasteiger partial charge in [-0.15, -0.1) is 0 Å². The number of piperidine rings is 1. The number of piperazine rings is 1. The average Bonchev–Trinajstić information content (AvgIpc) is 2.80. The maximum atomic E-state index is 14.0. The first kappa shape index (κ1) is 21.5. The zero-order valence-corrected chi connectivity index (χ0v) is 18.3. The van der Waals surface area contributed by atoms with Gasteiger partial charge in [0, 0.05) is 38.1 Å². The van der Waals surface area contributed by atoms with E-state index in [0.29, 0.717) is 39.0 Å². The molecule has 0 aromatic heterocycles. The van der Waals surface area contributed by atoms with Crippen molar-refractivity contribution in [3.8, 4) is 0 Å². The normalized spacial score (nSPS) is 21.7. The zero-order valence-electron chi connectivity index (χ0n) is 18.3. The molecule has 31 heavy (non-hydrogen) atoms. The molecule has 2 fully saturated rings. The van der Waals surface area contributed by atoms with Crippen LogP contribution in [-0.2, 0) is 4.79 Å². The van der Waals surface area contributed by atoms with Crippen LogP contribution in [0.1, 0.15) is 41.7 Å². The first-order valence-corrected chi connectivity index (χ1v) is 11.0. The minimum absolute atomic E-state index is 0.0993. The Morgan fingerprint density at radius 2 is 1.55 bits per heavy atom. The lowest BCUT2D eigenvalue weighted by Crippen LogP contribution is -2.55. The molecule has 2 aromatic rings. The summed E-state index contributed by atoms with van der Waals surface area (Å²) in [5, 5.41) is 0. The number of carbonyl (C=O) groups excluding carboxylic acids is 2. The zero-order chi connectivity index (χ0) is 22.0. The topological polar surface area (TPSA) is 43.9 Å². The molecule has 2 aromatic carbocycles. The first-order valence-electron chi connectivity index (χ1n) is 11.0. The lowest BCUT2D eigenvalue weighted by Gasteiger charge is -2.45. The molecule has 0 aliphatic carbocycles. The Morgan fingerprint density at radius 1 is 0.903 bits per heavy atom. The fourth-order valence-electron chi connectivity index (χ4n) is 4.70. The Hall–Kier alpha value is -2.73. The first-order chi connectivity index (χ1) is 14.9. The van der Waals surface area contributed by atoms with E-state index in [1.807, 2.05) is 30.0 Å². The van der Waals surface area contributed by atoms with Crippen molar-refractivity contribution < 1.29 is 14.0 Å². The molecule has 0 bridgehead atoms. The number of hydrogen-bond donors (Lipinski definition) is 0. The van der Waals surface area contributed by atoms with Crippen molar-refractivity contribution in [3.63, 3.8) is 0 Å². The number of halogens is 1. The van der Waals surface area contributed by atoms with Gasteiger partial charge in [-0.3, -0.25) is 14.5 Å². The van der Waals surface area contributed by atoms with E-state index in [-0.39, 0.29) is 23.4 Å². The van der Waals surface area contributed by atoms with Gasteiger partial charge in [-0.2, -0.15) is 0 Å². The Morgan fingerprint density at radius 3 is 2.23 bits per heavy atom. The van der Waals surface area contributed by atoms with E-state index in [1.165, 1.54) is 17.7 Å². The van der Waals surface area contributed by atoms with Gasteiger partial charge in [0.2, 0.25) is 5.91 Å². The van der Waals surface area contributed by atoms with Crippen molar-refractivity contribution in [3.05, 3.63) is 71.5 Å². The van der Waals surface area contributed by atoms with Crippen LogP contribution in [0.5, 0.6) is 0 Å². The highest BCUT2D eigenvalue weighted by molar-refractivity contribution is 5.94. The Balaban J connectivity index is 1.41. The molecule has 1 atom stereocenters. The number of likely N-dealkylation sites (tertiary alicyclic amines) is 1. The van der Waals surface area contributed by atoms with Crippen LogP contribution in [0.15, 0.2) is 54.6 Å². The summed E-state index contributed by atoms with van der Waals surface area (Å²) in [6.07, 6.45) is 1.18. The number of carbonyl (C=O) groups is 2. The van der Waals surface area contributed by atoms with Gasteiger partial charge in [0.15, 0.2) is 0 Å². The monoisotopic (exact) mass is 423 g/mol. The number of hydrogen-bond acceptors (Lipinski definition) is 3. The van der Waals surface area contributed by atoms with Gasteiger partial charge < -0.3 is 9.80 Å². The van der Waals surface area contributed by atoms with Crippen molar-refractivity contribution in [2.45, 2.75) is 25.8 Å². The van der Waals surface area contributed by atoms with Crippen molar-refractivity contribution in [2.24, 2.45) is 5.41 Å². The second-order valence-electron chi connectivity index (χ2n) is 8.99. The van der Waals surface area contributed by atoms with Crippen molar-refractivity contribution in [2.75, 3.05) is 39.8 Å². The highest BCUT2D eigenvalue weighted by atomic mass is 19.1. The minimum atomic E-state index is -0.499. The third-order valence-corrected chi connectivity index (χ3v) is 6.89. The Labute approximate surface area is 183 Å². The Bertz CT molecular complexity index is 941. The molecule has 6 heteroatoms. The van der Waals surface area contributed by atoms with Crippen LogP contribution >= 0.6 is 0 Å². The van der Waals surface area contributed by atoms with E-state index in [1.54, 1.807) is 17.0 Å². The average molecular weight is 424 g/mol. The molecule has 0 N–H and O–H groups in total. The van der Waals surface area contributed by atoms with Crippen molar-refractivity contribution in [1.29, 1.82) is 0 Å². The summed E-state index contributed by atoms with van der Waals surface area (Å²) in [5.41, 5.74) is 0.823. The van der Waals surface area contributed by atoms with Crippen LogP contribution in [0.3, 0.4) is 0 Å². The quantitative estimate of drug-likeness (QED) is 0.758. The van der Waals surface area contributed by atoms with Crippen LogP contribution in [0, 0.1) is 11.2 Å². The fourth-order valence-corrected chi connectivity index (χ4v) is 4.70. The summed E-state index contributed by atoms with van der Waals surface area (Å²) >= 11 is 0. The van der Waals surface area contributed by atoms with Crippen LogP contribution in [0.4, 0.5) is 4.39 Å². The molecule has 0 saturated carbocycles. The van der Waals surface area contributed by atoms with Crippen LogP contribution in [-0.4, -0.2) is 66.3 Å². The van der Waals surface area contributed by atoms with E-state index in [0.717, 1.165) is 6.54 Å². The summed E-state index contributed by atoms with van der Waals surface area (Å²) < 4.78 is 14.0. The third kappa shape index (κ3) is 4.35. The SMILES string of the molecule is CN1CCN(C(=O)C2(C)CCN(C(=O)c3ccccc3F)CC2)CC1c1ccccc1. The minimum Gasteiger partial charge on any atom is -0.339 e. The van der Waals surface area contributed by atoms with Gasteiger partial charge >= 0.3 is 0 Å². The highest BCUT2D eigenvalue weighted by Crippen LogP contribution is 2.35. The van der Waals surface area contributed by atoms with Gasteiger partial charge in [-0.25, -0.2) is 4.39 Å². The van der Waals surface area contributed by atoms with Gasteiger partial charge in [-0.05, 0) is 37.6 Å². The molecule has 2 aliphatic heterocycles. The molecule has 164 valence electrons. The molecule has 4 rings (SSSR count). The van der Waals surface area contributed by atoms with Gasteiger partial charge in [-0.1, -0.05) is 49.4 Å². The molecule has 5 nitrogen and oxygen atoms in total. The van der Waals surface area contributed by atoms with E-state index >= 15 is 0 Å². The van der Waals surface area contributed by atoms with Gasteiger partial charge in [0.25, 0.3) is 5.91 Å². The van der Waals surface area contributed by atoms with E-state index in [4.69, 9.17) is 0 Å². The second kappa shape index (κ2) is 8.79. The van der Waals surface area contributed by atoms with Crippen molar-refractivity contribution >= 4 is 11.8 Å². The van der Waals surface area contributed by atoms with Gasteiger partial charge in [0.05, 0.1) is 11.6 Å². The number of amides is 2. The largest absolute Gasteiger partial charge is 0.339 e. The Kier molecular flexibility index (Phi) is 6.10. The molecule has 2 aliphatic rings. The maximum Gasteiger partial charge on any atom is 0.256 e. The van der Waals surface area contributed by atoms with Gasteiger partial charge in [0.1, 0.15) is 5.82 Å². The molecule has 2 heterocycles. The number of nitrogens with zero attached hydrogens (tertiary/aromatic N) is 3. The molecular formula is C25H30FN3O2. The maximum absolute atomic E-state index is 14.0. The predicted molar refractivity (Wildman–Crippen MR) is 118 cm³/mol. The van der Waals surface area contributed by atoms with E-state index < -0.39 is 11.2 Å². The second-order valence-corrected chi connectivity index (χ2v) is 8.99. The van der Waals surface area contributed by atoms with E-state index in [2.05, 4.69) is 24.1 Å². The summed E-state index contributed by atoms with van der Waals surface area (Å²) in [4.78, 5) is 32.2. The van der Waals surface area contributed by atoms with Crippen LogP contribution in [0.25, 0.3) is 0 Å². The fraction of sp³-hybridized carbons (Fsp3) is 0.440. The molecule has 0 radical (unpaired) electrons. The third-order valence-electron chi connectivity index (χ3n) is 6.89. The molecule has 1 unspecified atom stereocenters. The summed E-state index contributed by atoms with van der Waals surface area (Å²) in [5.74, 6) is -0.628. The van der Waals surface area contributed by atoms with E-state index in [9.17, 15) is 14.0 Å². The summed E-state index contributed by atoms with van der Waals surface area (Å²) in [6.45, 7) is 5.16. The van der Waals surface area contributed by atoms with Crippen LogP contribution < -0.4 is 0 Å². The molecule has 0 spiro atoms. The summed E-state index contributed by atoms with van der Waals surface area (Å²) in [7, 11) is 2.11. The lowest BCUT2D eigenvalue weighted by atomic mass is 9.78.